The first-order chi connectivity index (χ1) is 39.7. The Kier molecular flexibility index (Phi) is 16.1. The van der Waals surface area contributed by atoms with E-state index >= 15 is 0 Å². The molecular weight excluding hydrogens is 1060 g/mol. The number of pyridine rings is 1. The first-order valence-corrected chi connectivity index (χ1v) is 30.5. The lowest BCUT2D eigenvalue weighted by atomic mass is 9.88. The number of nitrogens with two attached hydrogens (primary N) is 1. The lowest BCUT2D eigenvalue weighted by Gasteiger charge is -2.44. The van der Waals surface area contributed by atoms with Gasteiger partial charge in [-0.15, -0.1) is 21.5 Å². The van der Waals surface area contributed by atoms with Gasteiger partial charge in [-0.1, -0.05) is 55.4 Å². The van der Waals surface area contributed by atoms with Crippen LogP contribution in [0.4, 0.5) is 23.0 Å². The predicted molar refractivity (Wildman–Crippen MR) is 316 cm³/mol. The zero-order valence-electron chi connectivity index (χ0n) is 47.7. The van der Waals surface area contributed by atoms with Gasteiger partial charge in [0.15, 0.2) is 17.4 Å². The fraction of sp³-hybridized carbons (Fsp3) is 0.532. The third kappa shape index (κ3) is 11.6. The second-order valence-electron chi connectivity index (χ2n) is 24.2. The molecule has 0 spiro atoms. The number of aliphatic hydroxyl groups excluding tert-OH is 1. The van der Waals surface area contributed by atoms with Crippen LogP contribution in [0, 0.1) is 12.8 Å². The second-order valence-corrected chi connectivity index (χ2v) is 25.0. The number of piperazine rings is 1. The van der Waals surface area contributed by atoms with Gasteiger partial charge in [0, 0.05) is 106 Å². The van der Waals surface area contributed by atoms with Crippen LogP contribution in [0.5, 0.6) is 11.6 Å². The molecule has 2 unspecified atom stereocenters. The van der Waals surface area contributed by atoms with Gasteiger partial charge < -0.3 is 59.8 Å². The number of rotatable bonds is 17. The zero-order valence-corrected chi connectivity index (χ0v) is 48.5. The highest BCUT2D eigenvalue weighted by Crippen LogP contribution is 2.42. The number of nitrogens with zero attached hydrogens (tertiary/aromatic N) is 10. The van der Waals surface area contributed by atoms with E-state index in [2.05, 4.69) is 69.4 Å². The summed E-state index contributed by atoms with van der Waals surface area (Å²) in [5.41, 5.74) is 14.5. The quantitative estimate of drug-likeness (QED) is 0.0671. The Bertz CT molecular complexity index is 3180. The zero-order chi connectivity index (χ0) is 56.8. The summed E-state index contributed by atoms with van der Waals surface area (Å²) in [6.07, 6.45) is 12.0. The monoisotopic (exact) mass is 1130 g/mol. The summed E-state index contributed by atoms with van der Waals surface area (Å²) >= 11 is 1.60. The summed E-state index contributed by atoms with van der Waals surface area (Å²) in [6, 6.07) is 23.8. The lowest BCUT2D eigenvalue weighted by molar-refractivity contribution is -0.141. The Morgan fingerprint density at radius 1 is 0.829 bits per heavy atom. The van der Waals surface area contributed by atoms with E-state index < -0.39 is 18.1 Å². The summed E-state index contributed by atoms with van der Waals surface area (Å²) in [6.45, 7) is 11.2. The number of aryl methyl sites for hydroxylation is 1. The molecule has 2 aliphatic carbocycles. The number of β-amino-alcohol motifs (C(OH)–C–C–N with tert-alkyl or cyclic N) is 1. The van der Waals surface area contributed by atoms with E-state index in [4.69, 9.17) is 19.7 Å². The highest BCUT2D eigenvalue weighted by atomic mass is 32.1. The number of thiazole rings is 1. The molecule has 2 bridgehead atoms. The standard InChI is InChI=1S/C62H78N12O7S/c1-36(2)58(62(78)73-34-46(75)27-53(73)61(77)66-37(3)39-10-12-40(13-11-39)59-38(4)65-35-82-59)55-31-56(69-81-55)71-24-21-42(22-25-71)70(5)41-16-18-47(19-17-41)79-48-28-49(29-48)80-57-26-43(20-23-64-57)74-44-14-15-45(74)33-72(32-44)52-30-51(67-68-60(52)63)50-8-6-7-9-54(50)76/h6-13,20,23,26,30-31,35-37,41-42,44-49,53,58,75-76H,14-19,21-22,24-25,27-29,32-34H2,1-5H3,(H2,63,68)(H,66,77)/t37-,41?,44?,45?,46+,47?,48?,49?,53-,58+/m0/s1. The Morgan fingerprint density at radius 3 is 2.27 bits per heavy atom. The van der Waals surface area contributed by atoms with Crippen LogP contribution in [-0.4, -0.2) is 152 Å². The highest BCUT2D eigenvalue weighted by molar-refractivity contribution is 7.13. The van der Waals surface area contributed by atoms with Crippen LogP contribution in [0.15, 0.2) is 89.0 Å². The topological polar surface area (TPSA) is 225 Å². The van der Waals surface area contributed by atoms with Gasteiger partial charge in [-0.2, -0.15) is 0 Å². The molecule has 82 heavy (non-hydrogen) atoms. The van der Waals surface area contributed by atoms with Gasteiger partial charge in [-0.25, -0.2) is 9.97 Å². The predicted octanol–water partition coefficient (Wildman–Crippen LogP) is 8.52. The largest absolute Gasteiger partial charge is 0.507 e. The molecule has 0 radical (unpaired) electrons. The molecule has 6 atom stereocenters. The molecule has 6 aliphatic rings. The maximum atomic E-state index is 14.4. The van der Waals surface area contributed by atoms with Crippen molar-refractivity contribution in [1.29, 1.82) is 0 Å². The molecule has 2 amide bonds. The van der Waals surface area contributed by atoms with E-state index in [9.17, 15) is 19.8 Å². The fourth-order valence-electron chi connectivity index (χ4n) is 13.9. The number of phenols is 1. The first-order valence-electron chi connectivity index (χ1n) is 29.7. The maximum absolute atomic E-state index is 14.4. The average molecular weight is 1140 g/mol. The van der Waals surface area contributed by atoms with E-state index in [1.165, 1.54) is 0 Å². The molecule has 12 rings (SSSR count). The number of fused-ring (bicyclic) bond motifs is 2. The summed E-state index contributed by atoms with van der Waals surface area (Å²) in [4.78, 5) is 49.7. The van der Waals surface area contributed by atoms with Gasteiger partial charge in [0.1, 0.15) is 23.8 Å². The van der Waals surface area contributed by atoms with Crippen molar-refractivity contribution in [3.8, 4) is 33.3 Å². The van der Waals surface area contributed by atoms with Crippen molar-refractivity contribution < 1.29 is 33.8 Å². The number of anilines is 4. The van der Waals surface area contributed by atoms with Crippen LogP contribution in [-0.2, 0) is 14.3 Å². The average Bonchev–Trinajstić information content (AvgIpc) is 4.45. The molecule has 434 valence electrons. The van der Waals surface area contributed by atoms with Gasteiger partial charge in [0.05, 0.1) is 51.8 Å². The van der Waals surface area contributed by atoms with E-state index in [1.54, 1.807) is 28.4 Å². The van der Waals surface area contributed by atoms with Crippen molar-refractivity contribution in [1.82, 2.24) is 40.4 Å². The van der Waals surface area contributed by atoms with Crippen molar-refractivity contribution >= 4 is 46.2 Å². The maximum Gasteiger partial charge on any atom is 0.243 e. The summed E-state index contributed by atoms with van der Waals surface area (Å²) in [5.74, 6) is 1.11. The summed E-state index contributed by atoms with van der Waals surface area (Å²) in [7, 11) is 2.29. The number of hydrogen-bond acceptors (Lipinski definition) is 18. The highest BCUT2D eigenvalue weighted by Gasteiger charge is 2.45. The number of likely N-dealkylation sites (tertiary alicyclic amines) is 1. The van der Waals surface area contributed by atoms with Crippen molar-refractivity contribution in [3.63, 3.8) is 0 Å². The molecular formula is C62H78N12O7S. The molecule has 5 N–H and O–H groups in total. The van der Waals surface area contributed by atoms with E-state index in [0.717, 1.165) is 129 Å². The number of ether oxygens (including phenoxy) is 2. The number of aliphatic hydroxyl groups is 1. The number of nitrogens with one attached hydrogen (secondary N) is 1. The number of carbonyl (C=O) groups is 2. The molecule has 8 heterocycles. The summed E-state index contributed by atoms with van der Waals surface area (Å²) in [5, 5.41) is 37.5. The SMILES string of the molecule is Cc1ncsc1-c1ccc([C@H](C)NC(=O)[C@@H]2C[C@@H](O)CN2C(=O)[C@@H](c2cc(N3CCC(N(C)C4CCC(OC5CC(Oc6cc(N7C8CCC7CN(c7cc(-c9ccccc9O)nnc7N)C8)ccn6)C5)CC4)CC3)no2)C(C)C)cc1. The minimum Gasteiger partial charge on any atom is -0.507 e. The van der Waals surface area contributed by atoms with Gasteiger partial charge in [0.25, 0.3) is 0 Å². The molecule has 4 aliphatic heterocycles. The number of carbonyl (C=O) groups excluding carboxylic acids is 2. The van der Waals surface area contributed by atoms with E-state index in [1.807, 2.05) is 87.9 Å². The van der Waals surface area contributed by atoms with Crippen LogP contribution >= 0.6 is 11.3 Å². The van der Waals surface area contributed by atoms with Crippen LogP contribution in [0.25, 0.3) is 21.7 Å². The molecule has 20 heteroatoms. The number of benzene rings is 2. The molecule has 4 aromatic heterocycles. The Balaban J connectivity index is 0.572. The lowest BCUT2D eigenvalue weighted by Crippen LogP contribution is -2.54. The third-order valence-electron chi connectivity index (χ3n) is 18.5. The van der Waals surface area contributed by atoms with Crippen LogP contribution in [0.1, 0.15) is 120 Å². The smallest absolute Gasteiger partial charge is 0.243 e. The number of para-hydroxylation sites is 1. The number of piperidine rings is 1. The van der Waals surface area contributed by atoms with Gasteiger partial charge in [0.2, 0.25) is 17.7 Å². The molecule has 2 aromatic carbocycles. The van der Waals surface area contributed by atoms with Gasteiger partial charge in [-0.3, -0.25) is 9.59 Å². The molecule has 6 fully saturated rings. The molecule has 19 nitrogen and oxygen atoms in total. The fourth-order valence-corrected chi connectivity index (χ4v) is 14.7. The Labute approximate surface area is 484 Å². The van der Waals surface area contributed by atoms with Crippen molar-refractivity contribution in [3.05, 3.63) is 102 Å². The number of phenolic OH excluding ortho intramolecular Hbond substituents is 1. The van der Waals surface area contributed by atoms with Crippen LogP contribution in [0.2, 0.25) is 0 Å². The van der Waals surface area contributed by atoms with Crippen molar-refractivity contribution in [2.24, 2.45) is 5.92 Å². The van der Waals surface area contributed by atoms with E-state index in [0.29, 0.717) is 52.9 Å². The first kappa shape index (κ1) is 55.7. The minimum atomic E-state index is -0.806. The van der Waals surface area contributed by atoms with Gasteiger partial charge in [-0.05, 0) is 114 Å². The van der Waals surface area contributed by atoms with Crippen LogP contribution in [0.3, 0.4) is 0 Å². The second kappa shape index (κ2) is 23.8. The Morgan fingerprint density at radius 2 is 1.56 bits per heavy atom. The minimum absolute atomic E-state index is 0.0820. The van der Waals surface area contributed by atoms with Crippen LogP contribution < -0.4 is 30.5 Å². The van der Waals surface area contributed by atoms with E-state index in [-0.39, 0.29) is 60.8 Å². The molecule has 2 saturated carbocycles. The normalized spacial score (nSPS) is 25.6. The number of aromatic hydroxyl groups is 1. The number of hydrogen-bond donors (Lipinski definition) is 4. The Hall–Kier alpha value is -6.87. The third-order valence-corrected chi connectivity index (χ3v) is 19.5. The molecule has 6 aromatic rings. The number of aromatic nitrogens is 5. The summed E-state index contributed by atoms with van der Waals surface area (Å²) < 4.78 is 19.1. The number of nitrogen functional groups attached to an aromatic ring is 1. The van der Waals surface area contributed by atoms with Gasteiger partial charge >= 0.3 is 0 Å². The number of amides is 2. The van der Waals surface area contributed by atoms with Crippen molar-refractivity contribution in [2.45, 2.75) is 165 Å². The molecule has 4 saturated heterocycles. The van der Waals surface area contributed by atoms with Crippen molar-refractivity contribution in [2.75, 3.05) is 60.2 Å².